The zero-order valence-electron chi connectivity index (χ0n) is 16.4. The van der Waals surface area contributed by atoms with E-state index in [4.69, 9.17) is 25.5 Å². The number of carboxylic acid groups (broad SMARTS) is 2. The molecule has 1 aromatic rings. The summed E-state index contributed by atoms with van der Waals surface area (Å²) in [7, 11) is 0. The first-order valence-corrected chi connectivity index (χ1v) is 7.60. The van der Waals surface area contributed by atoms with E-state index in [0.29, 0.717) is 30.8 Å². The quantitative estimate of drug-likeness (QED) is 0.374. The van der Waals surface area contributed by atoms with Gasteiger partial charge in [-0.2, -0.15) is 0 Å². The van der Waals surface area contributed by atoms with Crippen molar-refractivity contribution < 1.29 is 88.0 Å². The fourth-order valence-electron chi connectivity index (χ4n) is 2.20. The van der Waals surface area contributed by atoms with Crippen LogP contribution in [0.4, 0.5) is 19.7 Å². The first-order chi connectivity index (χ1) is 11.5. The largest absolute Gasteiger partial charge is 1.00 e. The maximum atomic E-state index is 13.9. The molecule has 1 amide bonds. The van der Waals surface area contributed by atoms with Crippen LogP contribution in [0.5, 0.6) is 0 Å². The normalized spacial score (nSPS) is 13.0. The predicted molar refractivity (Wildman–Crippen MR) is 86.6 cm³/mol. The number of ether oxygens (including phenoxy) is 1. The SMILES string of the molecule is CC(C)(C)OC(=O)N1CC=C(c2ccc(N)cc2F)CC1.O=C([O-])[O-].[Na+].[Na+]. The molecule has 1 aliphatic heterocycles. The van der Waals surface area contributed by atoms with Crippen LogP contribution in [0.1, 0.15) is 32.8 Å². The maximum absolute atomic E-state index is 13.9. The number of carbonyl (C=O) groups excluding carboxylic acids is 2. The second-order valence-electron chi connectivity index (χ2n) is 6.40. The van der Waals surface area contributed by atoms with E-state index in [1.807, 2.05) is 26.8 Å². The minimum absolute atomic E-state index is 0. The topological polar surface area (TPSA) is 119 Å². The van der Waals surface area contributed by atoms with E-state index in [0.717, 1.165) is 5.57 Å². The molecule has 0 saturated carbocycles. The van der Waals surface area contributed by atoms with Crippen molar-refractivity contribution in [1.82, 2.24) is 4.90 Å². The Morgan fingerprint density at radius 2 is 1.78 bits per heavy atom. The summed E-state index contributed by atoms with van der Waals surface area (Å²) in [6.45, 7) is 6.44. The molecule has 7 nitrogen and oxygen atoms in total. The fourth-order valence-corrected chi connectivity index (χ4v) is 2.20. The Morgan fingerprint density at radius 1 is 1.22 bits per heavy atom. The number of halogens is 1. The summed E-state index contributed by atoms with van der Waals surface area (Å²) in [5.41, 5.74) is 6.89. The van der Waals surface area contributed by atoms with Crippen molar-refractivity contribution in [1.29, 1.82) is 0 Å². The molecule has 0 aromatic heterocycles. The van der Waals surface area contributed by atoms with Crippen molar-refractivity contribution in [2.45, 2.75) is 32.8 Å². The van der Waals surface area contributed by atoms with Gasteiger partial charge >= 0.3 is 65.2 Å². The average molecular weight is 398 g/mol. The van der Waals surface area contributed by atoms with Crippen LogP contribution in [0, 0.1) is 5.82 Å². The number of nitrogen functional groups attached to an aromatic ring is 1. The second-order valence-corrected chi connectivity index (χ2v) is 6.40. The van der Waals surface area contributed by atoms with Crippen molar-refractivity contribution in [2.75, 3.05) is 18.8 Å². The molecule has 2 N–H and O–H groups in total. The Morgan fingerprint density at radius 3 is 2.19 bits per heavy atom. The van der Waals surface area contributed by atoms with Crippen LogP contribution in [0.3, 0.4) is 0 Å². The first-order valence-electron chi connectivity index (χ1n) is 7.60. The van der Waals surface area contributed by atoms with Crippen LogP contribution in [0.15, 0.2) is 24.3 Å². The van der Waals surface area contributed by atoms with Crippen LogP contribution in [0.25, 0.3) is 5.57 Å². The summed E-state index contributed by atoms with van der Waals surface area (Å²) < 4.78 is 19.2. The van der Waals surface area contributed by atoms with Gasteiger partial charge in [-0.05, 0) is 57.1 Å². The second kappa shape index (κ2) is 12.6. The average Bonchev–Trinajstić information content (AvgIpc) is 2.45. The van der Waals surface area contributed by atoms with Gasteiger partial charge in [0.15, 0.2) is 0 Å². The summed E-state index contributed by atoms with van der Waals surface area (Å²) in [6, 6.07) is 4.68. The molecule has 0 bridgehead atoms. The number of carbonyl (C=O) groups is 2. The van der Waals surface area contributed by atoms with E-state index in [9.17, 15) is 9.18 Å². The molecule has 2 rings (SSSR count). The van der Waals surface area contributed by atoms with Crippen molar-refractivity contribution in [2.24, 2.45) is 0 Å². The Balaban J connectivity index is 0. The number of amides is 1. The van der Waals surface area contributed by atoms with Gasteiger partial charge in [0.25, 0.3) is 0 Å². The number of hydrogen-bond donors (Lipinski definition) is 1. The molecule has 138 valence electrons. The molecular weight excluding hydrogens is 377 g/mol. The van der Waals surface area contributed by atoms with Gasteiger partial charge in [0.2, 0.25) is 0 Å². The molecule has 10 heteroatoms. The first kappa shape index (κ1) is 28.4. The van der Waals surface area contributed by atoms with E-state index in [1.54, 1.807) is 17.0 Å². The maximum Gasteiger partial charge on any atom is 1.00 e. The third-order valence-corrected chi connectivity index (χ3v) is 3.20. The van der Waals surface area contributed by atoms with E-state index in [-0.39, 0.29) is 71.0 Å². The van der Waals surface area contributed by atoms with Gasteiger partial charge < -0.3 is 30.4 Å². The van der Waals surface area contributed by atoms with Crippen LogP contribution >= 0.6 is 0 Å². The van der Waals surface area contributed by atoms with Crippen molar-refractivity contribution in [3.8, 4) is 0 Å². The molecular formula is C17H21FN2Na2O5. The van der Waals surface area contributed by atoms with Gasteiger partial charge in [-0.3, -0.25) is 0 Å². The van der Waals surface area contributed by atoms with Gasteiger partial charge in [0.05, 0.1) is 0 Å². The Labute approximate surface area is 202 Å². The van der Waals surface area contributed by atoms with Crippen molar-refractivity contribution >= 4 is 23.5 Å². The molecule has 1 heterocycles. The summed E-state index contributed by atoms with van der Waals surface area (Å²) in [5, 5.41) is 16.7. The minimum atomic E-state index is -2.33. The molecule has 0 unspecified atom stereocenters. The van der Waals surface area contributed by atoms with Gasteiger partial charge in [-0.25, -0.2) is 9.18 Å². The minimum Gasteiger partial charge on any atom is -0.652 e. The predicted octanol–water partition coefficient (Wildman–Crippen LogP) is -5.01. The molecule has 27 heavy (non-hydrogen) atoms. The summed E-state index contributed by atoms with van der Waals surface area (Å²) >= 11 is 0. The molecule has 1 aliphatic rings. The number of anilines is 1. The third kappa shape index (κ3) is 11.0. The van der Waals surface area contributed by atoms with Crippen molar-refractivity contribution in [3.05, 3.63) is 35.7 Å². The van der Waals surface area contributed by atoms with Gasteiger partial charge in [0, 0.05) is 24.3 Å². The van der Waals surface area contributed by atoms with E-state index in [1.165, 1.54) is 6.07 Å². The Kier molecular flexibility index (Phi) is 13.3. The van der Waals surface area contributed by atoms with E-state index < -0.39 is 11.8 Å². The zero-order chi connectivity index (χ0) is 19.2. The van der Waals surface area contributed by atoms with Crippen LogP contribution in [-0.4, -0.2) is 35.8 Å². The van der Waals surface area contributed by atoms with Gasteiger partial charge in [-0.1, -0.05) is 6.08 Å². The summed E-state index contributed by atoms with van der Waals surface area (Å²) in [6.07, 6.45) is -0.210. The molecule has 0 fully saturated rings. The van der Waals surface area contributed by atoms with Crippen molar-refractivity contribution in [3.63, 3.8) is 0 Å². The number of nitrogens with two attached hydrogens (primary N) is 1. The number of nitrogens with zero attached hydrogens (tertiary/aromatic N) is 1. The molecule has 0 radical (unpaired) electrons. The van der Waals surface area contributed by atoms with E-state index in [2.05, 4.69) is 0 Å². The summed E-state index contributed by atoms with van der Waals surface area (Å²) in [5.74, 6) is -0.327. The zero-order valence-corrected chi connectivity index (χ0v) is 20.4. The Hall–Kier alpha value is -0.770. The number of hydrogen-bond acceptors (Lipinski definition) is 6. The van der Waals surface area contributed by atoms with Gasteiger partial charge in [0.1, 0.15) is 11.4 Å². The number of benzene rings is 1. The van der Waals surface area contributed by atoms with E-state index >= 15 is 0 Å². The number of rotatable bonds is 1. The molecule has 0 spiro atoms. The monoisotopic (exact) mass is 398 g/mol. The fraction of sp³-hybridized carbons (Fsp3) is 0.412. The van der Waals surface area contributed by atoms with Gasteiger partial charge in [-0.15, -0.1) is 0 Å². The molecule has 1 aromatic carbocycles. The Bertz CT molecular complexity index is 674. The van der Waals surface area contributed by atoms with Crippen LogP contribution in [-0.2, 0) is 4.74 Å². The molecule has 0 saturated heterocycles. The van der Waals surface area contributed by atoms with Crippen LogP contribution in [0.2, 0.25) is 0 Å². The molecule has 0 atom stereocenters. The third-order valence-electron chi connectivity index (χ3n) is 3.20. The smallest absolute Gasteiger partial charge is 0.652 e. The summed E-state index contributed by atoms with van der Waals surface area (Å²) in [4.78, 5) is 21.9. The molecule has 0 aliphatic carbocycles. The standard InChI is InChI=1S/C16H21FN2O2.CH2O3.2Na/c1-16(2,3)21-15(20)19-8-6-11(7-9-19)13-5-4-12(18)10-14(13)17;2-1(3)4;;/h4-6,10H,7-9,18H2,1-3H3;(H2,2,3,4);;/q;;2*+1/p-2. The van der Waals surface area contributed by atoms with Crippen LogP contribution < -0.4 is 75.1 Å².